The second-order valence-electron chi connectivity index (χ2n) is 7.82. The van der Waals surface area contributed by atoms with E-state index in [0.29, 0.717) is 11.1 Å². The van der Waals surface area contributed by atoms with Gasteiger partial charge < -0.3 is 20.4 Å². The summed E-state index contributed by atoms with van der Waals surface area (Å²) in [6.45, 7) is 8.45. The molecule has 0 heterocycles. The van der Waals surface area contributed by atoms with Crippen molar-refractivity contribution in [2.45, 2.75) is 52.6 Å². The SMILES string of the molecule is CC(C)C(O)(CCCCO)C(C)C.O=C(O)c1ccccc1.O=C(O)c1ccccc1. The van der Waals surface area contributed by atoms with E-state index in [1.807, 2.05) is 0 Å². The van der Waals surface area contributed by atoms with Crippen LogP contribution in [0.2, 0.25) is 0 Å². The zero-order valence-electron chi connectivity index (χ0n) is 18.9. The second-order valence-corrected chi connectivity index (χ2v) is 7.82. The molecule has 172 valence electrons. The van der Waals surface area contributed by atoms with Crippen LogP contribution in [0.1, 0.15) is 67.7 Å². The van der Waals surface area contributed by atoms with Crippen LogP contribution in [-0.4, -0.2) is 44.6 Å². The largest absolute Gasteiger partial charge is 0.478 e. The van der Waals surface area contributed by atoms with Crippen LogP contribution in [0.25, 0.3) is 0 Å². The number of hydrogen-bond acceptors (Lipinski definition) is 4. The molecule has 0 fully saturated rings. The molecule has 0 aliphatic heterocycles. The Balaban J connectivity index is 0.000000445. The number of aliphatic hydroxyl groups is 2. The molecule has 0 bridgehead atoms. The molecule has 0 saturated carbocycles. The van der Waals surface area contributed by atoms with Crippen molar-refractivity contribution >= 4 is 11.9 Å². The van der Waals surface area contributed by atoms with E-state index < -0.39 is 17.5 Å². The molecule has 0 aromatic heterocycles. The minimum atomic E-state index is -0.879. The van der Waals surface area contributed by atoms with Gasteiger partial charge in [0.25, 0.3) is 0 Å². The van der Waals surface area contributed by atoms with Gasteiger partial charge in [-0.2, -0.15) is 0 Å². The summed E-state index contributed by atoms with van der Waals surface area (Å²) in [5.41, 5.74) is 0.102. The monoisotopic (exact) mass is 432 g/mol. The number of rotatable bonds is 8. The van der Waals surface area contributed by atoms with Gasteiger partial charge in [0.05, 0.1) is 16.7 Å². The number of hydrogen-bond donors (Lipinski definition) is 4. The number of carboxylic acids is 2. The predicted octanol–water partition coefficient (Wildman–Crippen LogP) is 4.96. The van der Waals surface area contributed by atoms with Gasteiger partial charge in [0.1, 0.15) is 0 Å². The first-order valence-corrected chi connectivity index (χ1v) is 10.5. The molecule has 0 spiro atoms. The Morgan fingerprint density at radius 2 is 1.10 bits per heavy atom. The number of aromatic carboxylic acids is 2. The fourth-order valence-corrected chi connectivity index (χ4v) is 2.93. The molecule has 0 atom stereocenters. The molecule has 31 heavy (non-hydrogen) atoms. The molecule has 6 heteroatoms. The standard InChI is InChI=1S/C11H24O2.2C7H6O2/c1-9(2)11(13,10(3)4)7-5-6-8-12;2*8-7(9)6-4-2-1-3-5-6/h9-10,12-13H,5-8H2,1-4H3;2*1-5H,(H,8,9). The smallest absolute Gasteiger partial charge is 0.335 e. The first-order chi connectivity index (χ1) is 14.6. The van der Waals surface area contributed by atoms with Crippen LogP contribution in [0.4, 0.5) is 0 Å². The van der Waals surface area contributed by atoms with E-state index in [1.54, 1.807) is 60.7 Å². The van der Waals surface area contributed by atoms with E-state index in [-0.39, 0.29) is 18.4 Å². The zero-order valence-corrected chi connectivity index (χ0v) is 18.9. The number of aliphatic hydroxyl groups excluding tert-OH is 1. The van der Waals surface area contributed by atoms with Gasteiger partial charge in [-0.25, -0.2) is 9.59 Å². The van der Waals surface area contributed by atoms with Crippen LogP contribution in [0.15, 0.2) is 60.7 Å². The summed E-state index contributed by atoms with van der Waals surface area (Å²) in [6.07, 6.45) is 2.49. The van der Waals surface area contributed by atoms with Gasteiger partial charge in [-0.05, 0) is 55.4 Å². The summed E-state index contributed by atoms with van der Waals surface area (Å²) >= 11 is 0. The highest BCUT2D eigenvalue weighted by Gasteiger charge is 2.33. The lowest BCUT2D eigenvalue weighted by Crippen LogP contribution is -2.40. The summed E-state index contributed by atoms with van der Waals surface area (Å²) in [5.74, 6) is -1.19. The Morgan fingerprint density at radius 1 is 0.742 bits per heavy atom. The van der Waals surface area contributed by atoms with Crippen molar-refractivity contribution < 1.29 is 30.0 Å². The molecule has 0 radical (unpaired) electrons. The minimum Gasteiger partial charge on any atom is -0.478 e. The molecule has 0 aliphatic carbocycles. The normalized spacial score (nSPS) is 10.6. The fourth-order valence-electron chi connectivity index (χ4n) is 2.93. The molecule has 2 rings (SSSR count). The van der Waals surface area contributed by atoms with Crippen LogP contribution in [0.5, 0.6) is 0 Å². The molecular weight excluding hydrogens is 396 g/mol. The molecule has 2 aromatic carbocycles. The van der Waals surface area contributed by atoms with Crippen molar-refractivity contribution in [1.29, 1.82) is 0 Å². The van der Waals surface area contributed by atoms with Gasteiger partial charge in [-0.3, -0.25) is 0 Å². The Kier molecular flexibility index (Phi) is 13.8. The highest BCUT2D eigenvalue weighted by molar-refractivity contribution is 5.87. The Morgan fingerprint density at radius 3 is 1.32 bits per heavy atom. The summed E-state index contributed by atoms with van der Waals surface area (Å²) in [7, 11) is 0. The van der Waals surface area contributed by atoms with Gasteiger partial charge in [-0.15, -0.1) is 0 Å². The Labute approximate surface area is 185 Å². The third-order valence-corrected chi connectivity index (χ3v) is 5.03. The second kappa shape index (κ2) is 15.2. The molecule has 2 aromatic rings. The highest BCUT2D eigenvalue weighted by atomic mass is 16.4. The van der Waals surface area contributed by atoms with Crippen LogP contribution in [0, 0.1) is 11.8 Å². The van der Waals surface area contributed by atoms with E-state index in [1.165, 1.54) is 0 Å². The average molecular weight is 433 g/mol. The average Bonchev–Trinajstić information content (AvgIpc) is 2.75. The van der Waals surface area contributed by atoms with E-state index >= 15 is 0 Å². The van der Waals surface area contributed by atoms with Crippen LogP contribution in [0.3, 0.4) is 0 Å². The van der Waals surface area contributed by atoms with Crippen LogP contribution >= 0.6 is 0 Å². The van der Waals surface area contributed by atoms with Gasteiger partial charge in [0, 0.05) is 6.61 Å². The highest BCUT2D eigenvalue weighted by Crippen LogP contribution is 2.31. The van der Waals surface area contributed by atoms with Gasteiger partial charge in [0.15, 0.2) is 0 Å². The third kappa shape index (κ3) is 11.3. The fraction of sp³-hybridized carbons (Fsp3) is 0.440. The molecule has 0 saturated heterocycles. The van der Waals surface area contributed by atoms with Gasteiger partial charge >= 0.3 is 11.9 Å². The Hall–Kier alpha value is -2.70. The number of benzene rings is 2. The summed E-state index contributed by atoms with van der Waals surface area (Å²) in [5, 5.41) is 35.7. The van der Waals surface area contributed by atoms with Gasteiger partial charge in [0.2, 0.25) is 0 Å². The minimum absolute atomic E-state index is 0.228. The summed E-state index contributed by atoms with van der Waals surface area (Å²) in [4.78, 5) is 20.4. The maximum Gasteiger partial charge on any atom is 0.335 e. The summed E-state index contributed by atoms with van der Waals surface area (Å²) < 4.78 is 0. The lowest BCUT2D eigenvalue weighted by molar-refractivity contribution is -0.0559. The first-order valence-electron chi connectivity index (χ1n) is 10.5. The van der Waals surface area contributed by atoms with E-state index in [9.17, 15) is 14.7 Å². The van der Waals surface area contributed by atoms with Crippen molar-refractivity contribution in [3.05, 3.63) is 71.8 Å². The predicted molar refractivity (Wildman–Crippen MR) is 122 cm³/mol. The maximum absolute atomic E-state index is 10.3. The van der Waals surface area contributed by atoms with E-state index in [0.717, 1.165) is 19.3 Å². The molecule has 0 unspecified atom stereocenters. The first kappa shape index (κ1) is 28.3. The quantitative estimate of drug-likeness (QED) is 0.438. The maximum atomic E-state index is 10.3. The van der Waals surface area contributed by atoms with Gasteiger partial charge in [-0.1, -0.05) is 64.1 Å². The third-order valence-electron chi connectivity index (χ3n) is 5.03. The van der Waals surface area contributed by atoms with E-state index in [2.05, 4.69) is 27.7 Å². The van der Waals surface area contributed by atoms with Crippen molar-refractivity contribution in [1.82, 2.24) is 0 Å². The lowest BCUT2D eigenvalue weighted by atomic mass is 9.77. The molecule has 0 amide bonds. The van der Waals surface area contributed by atoms with Crippen LogP contribution < -0.4 is 0 Å². The number of unbranched alkanes of at least 4 members (excludes halogenated alkanes) is 1. The summed E-state index contributed by atoms with van der Waals surface area (Å²) in [6, 6.07) is 16.6. The molecule has 0 aliphatic rings. The zero-order chi connectivity index (χ0) is 23.9. The van der Waals surface area contributed by atoms with Crippen molar-refractivity contribution in [2.24, 2.45) is 11.8 Å². The Bertz CT molecular complexity index is 684. The van der Waals surface area contributed by atoms with Crippen molar-refractivity contribution in [2.75, 3.05) is 6.61 Å². The van der Waals surface area contributed by atoms with Crippen molar-refractivity contribution in [3.63, 3.8) is 0 Å². The lowest BCUT2D eigenvalue weighted by Gasteiger charge is -2.36. The molecule has 6 nitrogen and oxygen atoms in total. The topological polar surface area (TPSA) is 115 Å². The van der Waals surface area contributed by atoms with Crippen LogP contribution in [-0.2, 0) is 0 Å². The molecule has 4 N–H and O–H groups in total. The van der Waals surface area contributed by atoms with Crippen molar-refractivity contribution in [3.8, 4) is 0 Å². The van der Waals surface area contributed by atoms with E-state index in [4.69, 9.17) is 15.3 Å². The number of carbonyl (C=O) groups is 2. The number of carboxylic acid groups (broad SMARTS) is 2. The molecular formula is C25H36O6.